The van der Waals surface area contributed by atoms with Crippen molar-refractivity contribution < 1.29 is 22.4 Å². The zero-order chi connectivity index (χ0) is 13.1. The molecule has 0 aliphatic heterocycles. The van der Waals surface area contributed by atoms with Gasteiger partial charge in [0.05, 0.1) is 11.6 Å². The fourth-order valence-corrected chi connectivity index (χ4v) is 1.11. The van der Waals surface area contributed by atoms with E-state index in [4.69, 9.17) is 5.26 Å². The van der Waals surface area contributed by atoms with Crippen molar-refractivity contribution >= 4 is 5.91 Å². The topological polar surface area (TPSA) is 52.9 Å². The maximum atomic E-state index is 12.9. The first kappa shape index (κ1) is 13.0. The summed E-state index contributed by atoms with van der Waals surface area (Å²) in [6, 6.07) is 3.47. The molecule has 0 spiro atoms. The van der Waals surface area contributed by atoms with Gasteiger partial charge >= 0.3 is 6.18 Å². The maximum absolute atomic E-state index is 12.9. The Hall–Kier alpha value is -2.10. The van der Waals surface area contributed by atoms with Crippen molar-refractivity contribution in [2.45, 2.75) is 6.18 Å². The van der Waals surface area contributed by atoms with Crippen LogP contribution in [0, 0.1) is 17.1 Å². The Morgan fingerprint density at radius 3 is 2.59 bits per heavy atom. The minimum absolute atomic E-state index is 0.336. The number of nitrogens with zero attached hydrogens (tertiary/aromatic N) is 1. The molecule has 0 saturated heterocycles. The zero-order valence-corrected chi connectivity index (χ0v) is 8.31. The van der Waals surface area contributed by atoms with Crippen LogP contribution in [0.3, 0.4) is 0 Å². The van der Waals surface area contributed by atoms with E-state index in [1.165, 1.54) is 0 Å². The average molecular weight is 246 g/mol. The van der Waals surface area contributed by atoms with E-state index in [-0.39, 0.29) is 12.1 Å². The number of halogens is 4. The van der Waals surface area contributed by atoms with Gasteiger partial charge in [-0.25, -0.2) is 4.39 Å². The SMILES string of the molecule is N#CCNC(=O)c1ccc(F)c(C(F)(F)F)c1. The normalized spacial score (nSPS) is 10.8. The summed E-state index contributed by atoms with van der Waals surface area (Å²) in [5.41, 5.74) is -1.86. The molecule has 3 nitrogen and oxygen atoms in total. The number of rotatable bonds is 2. The second-order valence-corrected chi connectivity index (χ2v) is 3.03. The number of nitrogens with one attached hydrogen (secondary N) is 1. The van der Waals surface area contributed by atoms with Gasteiger partial charge in [-0.15, -0.1) is 0 Å². The lowest BCUT2D eigenvalue weighted by Gasteiger charge is -2.09. The van der Waals surface area contributed by atoms with Gasteiger partial charge in [-0.1, -0.05) is 0 Å². The van der Waals surface area contributed by atoms with E-state index in [9.17, 15) is 22.4 Å². The van der Waals surface area contributed by atoms with Crippen LogP contribution in [0.15, 0.2) is 18.2 Å². The Morgan fingerprint density at radius 2 is 2.06 bits per heavy atom. The second kappa shape index (κ2) is 4.82. The fourth-order valence-electron chi connectivity index (χ4n) is 1.11. The third-order valence-electron chi connectivity index (χ3n) is 1.86. The van der Waals surface area contributed by atoms with Crippen LogP contribution >= 0.6 is 0 Å². The van der Waals surface area contributed by atoms with Crippen LogP contribution in [0.4, 0.5) is 17.6 Å². The van der Waals surface area contributed by atoms with E-state index in [2.05, 4.69) is 5.32 Å². The van der Waals surface area contributed by atoms with Crippen molar-refractivity contribution in [2.75, 3.05) is 6.54 Å². The average Bonchev–Trinajstić information content (AvgIpc) is 2.25. The highest BCUT2D eigenvalue weighted by atomic mass is 19.4. The maximum Gasteiger partial charge on any atom is 0.419 e. The Labute approximate surface area is 93.7 Å². The third kappa shape index (κ3) is 3.17. The Morgan fingerprint density at radius 1 is 1.41 bits per heavy atom. The molecule has 17 heavy (non-hydrogen) atoms. The lowest BCUT2D eigenvalue weighted by molar-refractivity contribution is -0.140. The third-order valence-corrected chi connectivity index (χ3v) is 1.86. The van der Waals surface area contributed by atoms with E-state index in [1.807, 2.05) is 0 Å². The summed E-state index contributed by atoms with van der Waals surface area (Å²) in [5, 5.41) is 10.2. The molecule has 0 aromatic heterocycles. The first-order valence-electron chi connectivity index (χ1n) is 4.38. The van der Waals surface area contributed by atoms with Gasteiger partial charge in [0.25, 0.3) is 5.91 Å². The predicted molar refractivity (Wildman–Crippen MR) is 49.3 cm³/mol. The summed E-state index contributed by atoms with van der Waals surface area (Å²) < 4.78 is 49.8. The lowest BCUT2D eigenvalue weighted by Crippen LogP contribution is -2.24. The summed E-state index contributed by atoms with van der Waals surface area (Å²) in [7, 11) is 0. The molecule has 1 N–H and O–H groups in total. The van der Waals surface area contributed by atoms with Gasteiger partial charge in [0.2, 0.25) is 0 Å². The van der Waals surface area contributed by atoms with Crippen molar-refractivity contribution in [3.05, 3.63) is 35.1 Å². The minimum atomic E-state index is -4.87. The molecule has 0 unspecified atom stereocenters. The highest BCUT2D eigenvalue weighted by Gasteiger charge is 2.34. The molecular weight excluding hydrogens is 240 g/mol. The van der Waals surface area contributed by atoms with Crippen LogP contribution in [0.2, 0.25) is 0 Å². The van der Waals surface area contributed by atoms with Crippen LogP contribution in [0.1, 0.15) is 15.9 Å². The first-order valence-corrected chi connectivity index (χ1v) is 4.38. The highest BCUT2D eigenvalue weighted by Crippen LogP contribution is 2.31. The molecule has 1 amide bonds. The molecule has 0 radical (unpaired) electrons. The van der Waals surface area contributed by atoms with Gasteiger partial charge in [-0.3, -0.25) is 4.79 Å². The van der Waals surface area contributed by atoms with Gasteiger partial charge in [0, 0.05) is 5.56 Å². The Kier molecular flexibility index (Phi) is 3.68. The number of amides is 1. The minimum Gasteiger partial charge on any atom is -0.339 e. The second-order valence-electron chi connectivity index (χ2n) is 3.03. The molecule has 1 aromatic carbocycles. The number of hydrogen-bond donors (Lipinski definition) is 1. The molecule has 0 atom stereocenters. The van der Waals surface area contributed by atoms with Crippen LogP contribution in [-0.4, -0.2) is 12.5 Å². The fraction of sp³-hybridized carbons (Fsp3) is 0.200. The molecule has 0 saturated carbocycles. The summed E-state index contributed by atoms with van der Waals surface area (Å²) in [5.74, 6) is -2.31. The van der Waals surface area contributed by atoms with Gasteiger partial charge in [0.1, 0.15) is 12.4 Å². The number of nitriles is 1. The predicted octanol–water partition coefficient (Wildman–Crippen LogP) is 2.10. The molecule has 0 heterocycles. The van der Waals surface area contributed by atoms with Crippen LogP contribution < -0.4 is 5.32 Å². The summed E-state index contributed by atoms with van der Waals surface area (Å²) in [4.78, 5) is 11.2. The van der Waals surface area contributed by atoms with E-state index >= 15 is 0 Å². The van der Waals surface area contributed by atoms with Crippen molar-refractivity contribution in [3.8, 4) is 6.07 Å². The monoisotopic (exact) mass is 246 g/mol. The molecule has 90 valence electrons. The van der Waals surface area contributed by atoms with E-state index < -0.39 is 23.5 Å². The molecule has 0 aliphatic rings. The lowest BCUT2D eigenvalue weighted by atomic mass is 10.1. The van der Waals surface area contributed by atoms with Crippen LogP contribution in [0.5, 0.6) is 0 Å². The van der Waals surface area contributed by atoms with Gasteiger partial charge in [-0.2, -0.15) is 18.4 Å². The number of carbonyl (C=O) groups excluding carboxylic acids is 1. The smallest absolute Gasteiger partial charge is 0.339 e. The molecular formula is C10H6F4N2O. The van der Waals surface area contributed by atoms with Crippen molar-refractivity contribution in [1.29, 1.82) is 5.26 Å². The van der Waals surface area contributed by atoms with Crippen molar-refractivity contribution in [1.82, 2.24) is 5.32 Å². The number of benzene rings is 1. The van der Waals surface area contributed by atoms with Crippen LogP contribution in [0.25, 0.3) is 0 Å². The standard InChI is InChI=1S/C10H6F4N2O/c11-8-2-1-6(9(17)16-4-3-15)5-7(8)10(12,13)14/h1-2,5H,4H2,(H,16,17). The summed E-state index contributed by atoms with van der Waals surface area (Å²) in [6.45, 7) is -0.336. The van der Waals surface area contributed by atoms with Crippen molar-refractivity contribution in [3.63, 3.8) is 0 Å². The highest BCUT2D eigenvalue weighted by molar-refractivity contribution is 5.94. The Bertz CT molecular complexity index is 476. The Balaban J connectivity index is 3.05. The molecule has 7 heteroatoms. The molecule has 0 bridgehead atoms. The first-order chi connectivity index (χ1) is 7.86. The number of carbonyl (C=O) groups is 1. The zero-order valence-electron chi connectivity index (χ0n) is 8.31. The largest absolute Gasteiger partial charge is 0.419 e. The van der Waals surface area contributed by atoms with Gasteiger partial charge < -0.3 is 5.32 Å². The van der Waals surface area contributed by atoms with Crippen molar-refractivity contribution in [2.24, 2.45) is 0 Å². The quantitative estimate of drug-likeness (QED) is 0.641. The van der Waals surface area contributed by atoms with Crippen LogP contribution in [-0.2, 0) is 6.18 Å². The van der Waals surface area contributed by atoms with Gasteiger partial charge in [-0.05, 0) is 18.2 Å². The summed E-state index contributed by atoms with van der Waals surface area (Å²) in [6.07, 6.45) is -4.87. The van der Waals surface area contributed by atoms with Gasteiger partial charge in [0.15, 0.2) is 0 Å². The molecule has 1 rings (SSSR count). The molecule has 1 aromatic rings. The number of hydrogen-bond acceptors (Lipinski definition) is 2. The number of alkyl halides is 3. The molecule has 0 aliphatic carbocycles. The van der Waals surface area contributed by atoms with E-state index in [0.717, 1.165) is 6.07 Å². The van der Waals surface area contributed by atoms with E-state index in [0.29, 0.717) is 12.1 Å². The summed E-state index contributed by atoms with van der Waals surface area (Å²) >= 11 is 0. The van der Waals surface area contributed by atoms with E-state index in [1.54, 1.807) is 6.07 Å². The molecule has 0 fully saturated rings.